The van der Waals surface area contributed by atoms with Crippen LogP contribution in [0.25, 0.3) is 6.08 Å². The molecule has 30 heavy (non-hydrogen) atoms. The monoisotopic (exact) mass is 422 g/mol. The molecule has 2 aromatic carbocycles. The van der Waals surface area contributed by atoms with Gasteiger partial charge in [0.1, 0.15) is 11.6 Å². The van der Waals surface area contributed by atoms with Crippen LogP contribution in [0, 0.1) is 5.82 Å². The van der Waals surface area contributed by atoms with Gasteiger partial charge in [-0.2, -0.15) is 0 Å². The maximum atomic E-state index is 14.2. The molecule has 0 aliphatic heterocycles. The molecule has 3 aromatic rings. The molecule has 1 amide bonds. The highest BCUT2D eigenvalue weighted by molar-refractivity contribution is 7.14. The predicted molar refractivity (Wildman–Crippen MR) is 115 cm³/mol. The van der Waals surface area contributed by atoms with Crippen LogP contribution in [0.4, 0.5) is 15.2 Å². The van der Waals surface area contributed by atoms with Crippen LogP contribution in [-0.4, -0.2) is 23.8 Å². The molecule has 0 unspecified atom stereocenters. The molecule has 0 spiro atoms. The van der Waals surface area contributed by atoms with E-state index in [0.29, 0.717) is 28.4 Å². The van der Waals surface area contributed by atoms with Crippen molar-refractivity contribution in [1.29, 1.82) is 0 Å². The average Bonchev–Trinajstić information content (AvgIpc) is 3.19. The summed E-state index contributed by atoms with van der Waals surface area (Å²) < 4.78 is 19.5. The van der Waals surface area contributed by atoms with E-state index in [9.17, 15) is 14.0 Å². The highest BCUT2D eigenvalue weighted by atomic mass is 32.1. The minimum Gasteiger partial charge on any atom is -0.497 e. The number of fused-ring (bicyclic) bond motifs is 1. The number of rotatable bonds is 4. The van der Waals surface area contributed by atoms with Gasteiger partial charge in [-0.1, -0.05) is 12.1 Å². The molecule has 5 nitrogen and oxygen atoms in total. The van der Waals surface area contributed by atoms with Crippen molar-refractivity contribution >= 4 is 39.9 Å². The number of hydrogen-bond acceptors (Lipinski definition) is 5. The van der Waals surface area contributed by atoms with E-state index in [1.165, 1.54) is 35.3 Å². The number of aromatic nitrogens is 1. The second-order valence-electron chi connectivity index (χ2n) is 6.88. The lowest BCUT2D eigenvalue weighted by molar-refractivity contribution is -0.115. The third kappa shape index (κ3) is 3.76. The van der Waals surface area contributed by atoms with Crippen molar-refractivity contribution in [2.75, 3.05) is 12.0 Å². The number of para-hydroxylation sites is 1. The van der Waals surface area contributed by atoms with E-state index in [4.69, 9.17) is 4.74 Å². The maximum absolute atomic E-state index is 14.2. The number of hydrogen-bond donors (Lipinski definition) is 0. The first-order valence-corrected chi connectivity index (χ1v) is 10.3. The van der Waals surface area contributed by atoms with E-state index in [1.54, 1.807) is 42.8 Å². The van der Waals surface area contributed by atoms with Gasteiger partial charge < -0.3 is 4.74 Å². The third-order valence-corrected chi connectivity index (χ3v) is 5.79. The molecule has 1 aliphatic carbocycles. The normalized spacial score (nSPS) is 14.5. The lowest BCUT2D eigenvalue weighted by Crippen LogP contribution is -2.23. The number of ether oxygens (including phenoxy) is 1. The van der Waals surface area contributed by atoms with Crippen LogP contribution < -0.4 is 9.64 Å². The van der Waals surface area contributed by atoms with E-state index >= 15 is 0 Å². The van der Waals surface area contributed by atoms with Crippen molar-refractivity contribution < 1.29 is 18.7 Å². The molecule has 0 atom stereocenters. The van der Waals surface area contributed by atoms with Gasteiger partial charge >= 0.3 is 0 Å². The molecule has 1 aliphatic rings. The van der Waals surface area contributed by atoms with Crippen LogP contribution in [0.5, 0.6) is 5.75 Å². The molecule has 1 heterocycles. The summed E-state index contributed by atoms with van der Waals surface area (Å²) in [6.07, 6.45) is 3.07. The number of methoxy groups -OCH3 is 1. The Morgan fingerprint density at radius 1 is 1.23 bits per heavy atom. The van der Waals surface area contributed by atoms with Gasteiger partial charge in [-0.15, -0.1) is 11.3 Å². The number of amides is 1. The second kappa shape index (κ2) is 8.20. The Morgan fingerprint density at radius 2 is 2.03 bits per heavy atom. The first kappa shape index (κ1) is 20.0. The Hall–Kier alpha value is -3.32. The van der Waals surface area contributed by atoms with Crippen molar-refractivity contribution in [3.63, 3.8) is 0 Å². The molecule has 0 N–H and O–H groups in total. The zero-order chi connectivity index (χ0) is 21.3. The molecule has 1 aromatic heterocycles. The van der Waals surface area contributed by atoms with Gasteiger partial charge in [-0.3, -0.25) is 14.5 Å². The van der Waals surface area contributed by atoms with Crippen molar-refractivity contribution in [3.05, 3.63) is 76.1 Å². The van der Waals surface area contributed by atoms with Crippen molar-refractivity contribution in [2.24, 2.45) is 0 Å². The Morgan fingerprint density at radius 3 is 2.77 bits per heavy atom. The van der Waals surface area contributed by atoms with Crippen LogP contribution in [-0.2, 0) is 11.2 Å². The van der Waals surface area contributed by atoms with Gasteiger partial charge in [0.05, 0.1) is 18.5 Å². The van der Waals surface area contributed by atoms with Gasteiger partial charge in [0, 0.05) is 23.4 Å². The fourth-order valence-corrected chi connectivity index (χ4v) is 4.32. The first-order valence-electron chi connectivity index (χ1n) is 9.41. The van der Waals surface area contributed by atoms with Gasteiger partial charge in [-0.25, -0.2) is 9.37 Å². The zero-order valence-corrected chi connectivity index (χ0v) is 17.3. The number of nitrogens with zero attached hydrogens (tertiary/aromatic N) is 2. The van der Waals surface area contributed by atoms with Gasteiger partial charge in [0.15, 0.2) is 10.9 Å². The van der Waals surface area contributed by atoms with Crippen LogP contribution in [0.2, 0.25) is 0 Å². The molecular weight excluding hydrogens is 403 g/mol. The molecule has 0 bridgehead atoms. The Bertz CT molecular complexity index is 1170. The fourth-order valence-electron chi connectivity index (χ4n) is 3.48. The smallest absolute Gasteiger partial charge is 0.230 e. The summed E-state index contributed by atoms with van der Waals surface area (Å²) in [4.78, 5) is 30.8. The highest BCUT2D eigenvalue weighted by Crippen LogP contribution is 2.33. The molecule has 0 radical (unpaired) electrons. The van der Waals surface area contributed by atoms with Crippen LogP contribution in [0.15, 0.2) is 53.4 Å². The van der Waals surface area contributed by atoms with Gasteiger partial charge in [-0.05, 0) is 54.8 Å². The molecular formula is C23H19FN2O3S. The lowest BCUT2D eigenvalue weighted by atomic mass is 9.86. The summed E-state index contributed by atoms with van der Waals surface area (Å²) >= 11 is 1.22. The summed E-state index contributed by atoms with van der Waals surface area (Å²) in [7, 11) is 1.60. The van der Waals surface area contributed by atoms with Crippen molar-refractivity contribution in [3.8, 4) is 5.75 Å². The summed E-state index contributed by atoms with van der Waals surface area (Å²) in [5.74, 6) is -0.149. The molecule has 7 heteroatoms. The summed E-state index contributed by atoms with van der Waals surface area (Å²) in [6.45, 7) is 1.36. The average molecular weight is 422 g/mol. The summed E-state index contributed by atoms with van der Waals surface area (Å²) in [5.41, 5.74) is 3.01. The van der Waals surface area contributed by atoms with E-state index in [0.717, 1.165) is 17.7 Å². The fraction of sp³-hybridized carbons (Fsp3) is 0.174. The van der Waals surface area contributed by atoms with E-state index < -0.39 is 5.82 Å². The number of Topliss-reactive ketones (excluding diaryl/α,β-unsaturated/α-hetero) is 1. The largest absolute Gasteiger partial charge is 0.497 e. The van der Waals surface area contributed by atoms with E-state index in [2.05, 4.69) is 4.98 Å². The third-order valence-electron chi connectivity index (χ3n) is 4.94. The number of ketones is 1. The molecule has 0 fully saturated rings. The predicted octanol–water partition coefficient (Wildman–Crippen LogP) is 5.19. The zero-order valence-electron chi connectivity index (χ0n) is 16.5. The number of carbonyl (C=O) groups excluding carboxylic acids is 2. The van der Waals surface area contributed by atoms with E-state index in [-0.39, 0.29) is 17.4 Å². The molecule has 4 rings (SSSR count). The minimum atomic E-state index is -0.503. The van der Waals surface area contributed by atoms with Crippen LogP contribution >= 0.6 is 11.3 Å². The summed E-state index contributed by atoms with van der Waals surface area (Å²) in [6, 6.07) is 11.5. The van der Waals surface area contributed by atoms with Crippen LogP contribution in [0.1, 0.15) is 35.0 Å². The number of benzene rings is 2. The Kier molecular flexibility index (Phi) is 5.46. The lowest BCUT2D eigenvalue weighted by Gasteiger charge is -2.18. The Balaban J connectivity index is 1.64. The molecule has 0 saturated heterocycles. The Labute approximate surface area is 177 Å². The first-order chi connectivity index (χ1) is 14.5. The van der Waals surface area contributed by atoms with Gasteiger partial charge in [0.25, 0.3) is 0 Å². The topological polar surface area (TPSA) is 59.5 Å². The number of thiazole rings is 1. The highest BCUT2D eigenvalue weighted by Gasteiger charge is 2.24. The van der Waals surface area contributed by atoms with Gasteiger partial charge in [0.2, 0.25) is 5.91 Å². The summed E-state index contributed by atoms with van der Waals surface area (Å²) in [5, 5.41) is 2.11. The minimum absolute atomic E-state index is 0.0361. The number of halogens is 1. The van der Waals surface area contributed by atoms with Crippen molar-refractivity contribution in [2.45, 2.75) is 19.8 Å². The number of aryl methyl sites for hydroxylation is 1. The van der Waals surface area contributed by atoms with Crippen LogP contribution in [0.3, 0.4) is 0 Å². The SMILES string of the molecule is COc1ccc2c(c1)CC/C(=C/c1csc(N(C(C)=O)c3ccccc3F)n1)C2=O. The molecule has 152 valence electrons. The molecule has 0 saturated carbocycles. The second-order valence-corrected chi connectivity index (χ2v) is 7.72. The number of carbonyl (C=O) groups is 2. The van der Waals surface area contributed by atoms with E-state index in [1.807, 2.05) is 6.07 Å². The number of allylic oxidation sites excluding steroid dienone is 1. The maximum Gasteiger partial charge on any atom is 0.230 e. The number of anilines is 2. The standard InChI is InChI=1S/C23H19FN2O3S/c1-14(27)26(21-6-4-3-5-20(21)24)23-25-17(13-30-23)11-16-8-7-15-12-18(29-2)9-10-19(15)22(16)28/h3-6,9-13H,7-8H2,1-2H3/b16-11-. The quantitative estimate of drug-likeness (QED) is 0.543. The van der Waals surface area contributed by atoms with Crippen molar-refractivity contribution in [1.82, 2.24) is 4.98 Å².